The SMILES string of the molecule is CCCCCCCC/C=C/CCCCCCCCCCCCCCCCCC(=O)OC(/C=C\CCCCCCCCCCCC)C(COP(=O)(O)OCC[N+](C)(C)C)NC(=O)CCCCC/C=C\CCCCCCCCC. The summed E-state index contributed by atoms with van der Waals surface area (Å²) >= 11 is 0. The van der Waals surface area contributed by atoms with E-state index in [0.29, 0.717) is 23.9 Å². The Morgan fingerprint density at radius 1 is 0.442 bits per heavy atom. The molecule has 10 heteroatoms. The first kappa shape index (κ1) is 75.2. The second-order valence-corrected chi connectivity index (χ2v) is 25.4. The number of nitrogens with one attached hydrogen (secondary N) is 1. The fourth-order valence-corrected chi connectivity index (χ4v) is 10.6. The summed E-state index contributed by atoms with van der Waals surface area (Å²) in [4.78, 5) is 37.7. The number of amides is 1. The molecule has 9 nitrogen and oxygen atoms in total. The molecule has 0 rings (SSSR count). The van der Waals surface area contributed by atoms with Crippen LogP contribution in [-0.4, -0.2) is 74.3 Å². The van der Waals surface area contributed by atoms with Gasteiger partial charge in [0.25, 0.3) is 0 Å². The predicted octanol–water partition coefficient (Wildman–Crippen LogP) is 20.7. The number of quaternary nitrogens is 1. The van der Waals surface area contributed by atoms with Gasteiger partial charge in [-0.1, -0.05) is 269 Å². The number of phosphoric acid groups is 1. The lowest BCUT2D eigenvalue weighted by molar-refractivity contribution is -0.870. The number of ether oxygens (including phenoxy) is 1. The number of carbonyl (C=O) groups excluding carboxylic acids is 2. The molecule has 3 atom stereocenters. The lowest BCUT2D eigenvalue weighted by Gasteiger charge is -2.27. The average molecular weight is 1110 g/mol. The van der Waals surface area contributed by atoms with Crippen LogP contribution in [0, 0.1) is 0 Å². The molecule has 0 aromatic rings. The van der Waals surface area contributed by atoms with Gasteiger partial charge in [-0.15, -0.1) is 0 Å². The van der Waals surface area contributed by atoms with Crippen LogP contribution < -0.4 is 5.32 Å². The number of carbonyl (C=O) groups is 2. The Labute approximate surface area is 478 Å². The van der Waals surface area contributed by atoms with Gasteiger partial charge in [0.15, 0.2) is 0 Å². The van der Waals surface area contributed by atoms with Crippen molar-refractivity contribution in [1.82, 2.24) is 5.32 Å². The Morgan fingerprint density at radius 3 is 1.12 bits per heavy atom. The van der Waals surface area contributed by atoms with Crippen molar-refractivity contribution in [1.29, 1.82) is 0 Å². The number of unbranched alkanes of at least 4 members (excludes halogenated alkanes) is 41. The summed E-state index contributed by atoms with van der Waals surface area (Å²) in [5.74, 6) is -0.509. The predicted molar refractivity (Wildman–Crippen MR) is 332 cm³/mol. The quantitative estimate of drug-likeness (QED) is 0.0205. The summed E-state index contributed by atoms with van der Waals surface area (Å²) in [5, 5.41) is 3.05. The molecule has 77 heavy (non-hydrogen) atoms. The van der Waals surface area contributed by atoms with E-state index in [-0.39, 0.29) is 25.1 Å². The smallest absolute Gasteiger partial charge is 0.456 e. The summed E-state index contributed by atoms with van der Waals surface area (Å²) in [6, 6.07) is -0.852. The highest BCUT2D eigenvalue weighted by atomic mass is 31.2. The maximum Gasteiger partial charge on any atom is 0.472 e. The third kappa shape index (κ3) is 58.7. The molecule has 0 aromatic carbocycles. The molecule has 0 aliphatic rings. The molecule has 0 fully saturated rings. The zero-order valence-corrected chi connectivity index (χ0v) is 52.9. The molecule has 0 radical (unpaired) electrons. The average Bonchev–Trinajstić information content (AvgIpc) is 3.39. The minimum absolute atomic E-state index is 0.0398. The van der Waals surface area contributed by atoms with Gasteiger partial charge in [-0.25, -0.2) is 4.57 Å². The van der Waals surface area contributed by atoms with Gasteiger partial charge in [0.2, 0.25) is 5.91 Å². The first-order chi connectivity index (χ1) is 37.4. The first-order valence-electron chi connectivity index (χ1n) is 33.3. The van der Waals surface area contributed by atoms with Gasteiger partial charge in [0.05, 0.1) is 33.8 Å². The van der Waals surface area contributed by atoms with Crippen LogP contribution in [0.25, 0.3) is 0 Å². The molecule has 3 unspecified atom stereocenters. The van der Waals surface area contributed by atoms with Crippen molar-refractivity contribution in [3.63, 3.8) is 0 Å². The third-order valence-corrected chi connectivity index (χ3v) is 16.0. The molecule has 0 spiro atoms. The summed E-state index contributed by atoms with van der Waals surface area (Å²) in [7, 11) is 1.50. The van der Waals surface area contributed by atoms with Crippen molar-refractivity contribution in [3.8, 4) is 0 Å². The topological polar surface area (TPSA) is 111 Å². The number of phosphoric ester groups is 1. The Kier molecular flexibility index (Phi) is 56.1. The zero-order chi connectivity index (χ0) is 56.4. The Balaban J connectivity index is 5.06. The highest BCUT2D eigenvalue weighted by Gasteiger charge is 2.30. The molecule has 0 aliphatic heterocycles. The molecular weight excluding hydrogens is 976 g/mol. The van der Waals surface area contributed by atoms with Gasteiger partial charge < -0.3 is 19.4 Å². The van der Waals surface area contributed by atoms with E-state index in [4.69, 9.17) is 13.8 Å². The van der Waals surface area contributed by atoms with Gasteiger partial charge in [-0.3, -0.25) is 18.6 Å². The normalized spacial score (nSPS) is 13.8. The maximum atomic E-state index is 13.5. The fraction of sp³-hybridized carbons (Fsp3) is 0.881. The number of nitrogens with zero attached hydrogens (tertiary/aromatic N) is 1. The molecule has 0 saturated heterocycles. The highest BCUT2D eigenvalue weighted by Crippen LogP contribution is 2.43. The van der Waals surface area contributed by atoms with E-state index in [1.54, 1.807) is 0 Å². The molecule has 2 N–H and O–H groups in total. The van der Waals surface area contributed by atoms with Gasteiger partial charge in [-0.05, 0) is 83.1 Å². The van der Waals surface area contributed by atoms with Gasteiger partial charge in [0, 0.05) is 12.8 Å². The van der Waals surface area contributed by atoms with Crippen LogP contribution in [-0.2, 0) is 27.9 Å². The Morgan fingerprint density at radius 2 is 0.753 bits per heavy atom. The summed E-state index contributed by atoms with van der Waals surface area (Å²) in [5.41, 5.74) is 0. The van der Waals surface area contributed by atoms with Crippen molar-refractivity contribution in [2.75, 3.05) is 40.9 Å². The van der Waals surface area contributed by atoms with Crippen LogP contribution in [0.2, 0.25) is 0 Å². The first-order valence-corrected chi connectivity index (χ1v) is 34.8. The number of hydrogen-bond acceptors (Lipinski definition) is 6. The molecule has 0 saturated carbocycles. The second-order valence-electron chi connectivity index (χ2n) is 24.0. The van der Waals surface area contributed by atoms with E-state index in [9.17, 15) is 19.0 Å². The van der Waals surface area contributed by atoms with Gasteiger partial charge >= 0.3 is 13.8 Å². The number of hydrogen-bond donors (Lipinski definition) is 2. The van der Waals surface area contributed by atoms with Crippen LogP contribution in [0.1, 0.15) is 329 Å². The van der Waals surface area contributed by atoms with E-state index < -0.39 is 20.0 Å². The van der Waals surface area contributed by atoms with Crippen molar-refractivity contribution in [2.45, 2.75) is 341 Å². The molecule has 1 amide bonds. The standard InChI is InChI=1S/C67H129N2O7P/c1-7-10-13-16-19-22-25-28-30-31-32-33-34-35-36-37-38-39-40-42-45-48-51-54-57-60-67(71)76-65(58-55-52-49-46-43-27-24-21-18-15-12-9-3)64(63-75-77(72,73)74-62-61-69(4,5)6)68-66(70)59-56-53-50-47-44-41-29-26-23-20-17-14-11-8-2/h28,30,41,44,55,58,64-65H,7-27,29,31-40,42-43,45-54,56-57,59-63H2,1-6H3,(H-,68,70,72,73)/p+1/b30-28+,44-41-,58-55-. The van der Waals surface area contributed by atoms with Crippen LogP contribution in [0.15, 0.2) is 36.5 Å². The molecule has 454 valence electrons. The van der Waals surface area contributed by atoms with Crippen LogP contribution in [0.3, 0.4) is 0 Å². The summed E-state index contributed by atoms with van der Waals surface area (Å²) in [6.07, 6.45) is 70.1. The van der Waals surface area contributed by atoms with Crippen LogP contribution >= 0.6 is 7.82 Å². The summed E-state index contributed by atoms with van der Waals surface area (Å²) < 4.78 is 30.7. The minimum atomic E-state index is -4.45. The Bertz CT molecular complexity index is 1410. The number of rotatable bonds is 61. The molecule has 0 aromatic heterocycles. The van der Waals surface area contributed by atoms with Crippen molar-refractivity contribution in [3.05, 3.63) is 36.5 Å². The minimum Gasteiger partial charge on any atom is -0.456 e. The van der Waals surface area contributed by atoms with Crippen LogP contribution in [0.5, 0.6) is 0 Å². The van der Waals surface area contributed by atoms with E-state index in [2.05, 4.69) is 50.4 Å². The second kappa shape index (κ2) is 57.5. The molecule has 0 aliphatic carbocycles. The molecular formula is C67H130N2O7P+. The zero-order valence-electron chi connectivity index (χ0n) is 52.0. The van der Waals surface area contributed by atoms with Crippen LogP contribution in [0.4, 0.5) is 0 Å². The number of allylic oxidation sites excluding steroid dienone is 5. The number of esters is 1. The highest BCUT2D eigenvalue weighted by molar-refractivity contribution is 7.47. The van der Waals surface area contributed by atoms with E-state index in [0.717, 1.165) is 70.6 Å². The fourth-order valence-electron chi connectivity index (χ4n) is 9.87. The van der Waals surface area contributed by atoms with E-state index in [1.165, 1.54) is 225 Å². The molecule has 0 bridgehead atoms. The Hall–Kier alpha value is -1.77. The van der Waals surface area contributed by atoms with Gasteiger partial charge in [0.1, 0.15) is 19.3 Å². The lowest BCUT2D eigenvalue weighted by atomic mass is 10.0. The molecule has 0 heterocycles. The van der Waals surface area contributed by atoms with Gasteiger partial charge in [-0.2, -0.15) is 0 Å². The number of likely N-dealkylation sites (N-methyl/N-ethyl adjacent to an activating group) is 1. The van der Waals surface area contributed by atoms with Crippen molar-refractivity contribution >= 4 is 19.7 Å². The maximum absolute atomic E-state index is 13.5. The lowest BCUT2D eigenvalue weighted by Crippen LogP contribution is -2.47. The largest absolute Gasteiger partial charge is 0.472 e. The van der Waals surface area contributed by atoms with Crippen molar-refractivity contribution < 1.29 is 37.3 Å². The van der Waals surface area contributed by atoms with E-state index in [1.807, 2.05) is 33.3 Å². The third-order valence-electron chi connectivity index (χ3n) is 15.1. The van der Waals surface area contributed by atoms with Crippen molar-refractivity contribution in [2.24, 2.45) is 0 Å². The van der Waals surface area contributed by atoms with E-state index >= 15 is 0 Å². The monoisotopic (exact) mass is 1110 g/mol. The summed E-state index contributed by atoms with van der Waals surface area (Å²) in [6.45, 7) is 7.03.